The first-order chi connectivity index (χ1) is 5.15. The highest BCUT2D eigenvalue weighted by Crippen LogP contribution is 2.36. The maximum atomic E-state index is 12.4. The Morgan fingerprint density at radius 2 is 2.36 bits per heavy atom. The van der Waals surface area contributed by atoms with Gasteiger partial charge in [0.15, 0.2) is 5.16 Å². The Kier molecular flexibility index (Phi) is 2.70. The quantitative estimate of drug-likeness (QED) is 0.605. The highest BCUT2D eigenvalue weighted by molar-refractivity contribution is 8.03. The summed E-state index contributed by atoms with van der Waals surface area (Å²) in [6, 6.07) is 0. The fraction of sp³-hybridized carbons (Fsp3) is 0.667. The van der Waals surface area contributed by atoms with Crippen molar-refractivity contribution in [3.63, 3.8) is 0 Å². The summed E-state index contributed by atoms with van der Waals surface area (Å²) in [5, 5.41) is -0.966. The number of alkyl halides is 2. The van der Waals surface area contributed by atoms with Gasteiger partial charge in [-0.2, -0.15) is 13.2 Å². The summed E-state index contributed by atoms with van der Waals surface area (Å²) in [6.07, 6.45) is 1.38. The van der Waals surface area contributed by atoms with E-state index in [9.17, 15) is 13.2 Å². The first-order valence-corrected chi connectivity index (χ1v) is 4.12. The monoisotopic (exact) mass is 183 g/mol. The molecule has 0 aromatic rings. The van der Waals surface area contributed by atoms with E-state index in [1.807, 2.05) is 0 Å². The third-order valence-electron chi connectivity index (χ3n) is 1.41. The second-order valence-electron chi connectivity index (χ2n) is 2.14. The predicted octanol–water partition coefficient (Wildman–Crippen LogP) is 2.76. The van der Waals surface area contributed by atoms with Crippen LogP contribution in [0.2, 0.25) is 0 Å². The van der Waals surface area contributed by atoms with Crippen molar-refractivity contribution in [3.05, 3.63) is 11.4 Å². The molecule has 1 rings (SSSR count). The van der Waals surface area contributed by atoms with Crippen molar-refractivity contribution in [2.75, 3.05) is 0 Å². The number of nitrogens with zero attached hydrogens (tertiary/aromatic N) is 1. The summed E-state index contributed by atoms with van der Waals surface area (Å²) in [6.45, 7) is -0.847. The summed E-state index contributed by atoms with van der Waals surface area (Å²) in [5.74, 6) is 0. The van der Waals surface area contributed by atoms with E-state index in [-0.39, 0.29) is 0 Å². The van der Waals surface area contributed by atoms with Crippen molar-refractivity contribution >= 4 is 11.8 Å². The van der Waals surface area contributed by atoms with Crippen molar-refractivity contribution < 1.29 is 13.2 Å². The Bertz CT molecular complexity index is 171. The maximum absolute atomic E-state index is 12.4. The zero-order valence-electron chi connectivity index (χ0n) is 5.93. The average molecular weight is 183 g/mol. The zero-order valence-corrected chi connectivity index (χ0v) is 6.75. The van der Waals surface area contributed by atoms with Gasteiger partial charge in [-0.1, -0.05) is 18.7 Å². The SMILES string of the molecule is CCC1SC(F)=CN1C(F)F. The van der Waals surface area contributed by atoms with Gasteiger partial charge in [0.05, 0.1) is 5.37 Å². The van der Waals surface area contributed by atoms with Gasteiger partial charge < -0.3 is 4.90 Å². The van der Waals surface area contributed by atoms with E-state index in [2.05, 4.69) is 0 Å². The summed E-state index contributed by atoms with van der Waals surface area (Å²) >= 11 is 0.842. The normalized spacial score (nSPS) is 24.6. The molecule has 0 amide bonds. The summed E-state index contributed by atoms with van der Waals surface area (Å²) < 4.78 is 36.5. The summed E-state index contributed by atoms with van der Waals surface area (Å²) in [5.41, 5.74) is 0. The number of thioether (sulfide) groups is 1. The van der Waals surface area contributed by atoms with Gasteiger partial charge in [-0.15, -0.1) is 0 Å². The summed E-state index contributed by atoms with van der Waals surface area (Å²) in [4.78, 5) is 0.736. The summed E-state index contributed by atoms with van der Waals surface area (Å²) in [7, 11) is 0. The molecule has 1 aliphatic heterocycles. The van der Waals surface area contributed by atoms with Gasteiger partial charge in [0.1, 0.15) is 0 Å². The Morgan fingerprint density at radius 3 is 2.73 bits per heavy atom. The lowest BCUT2D eigenvalue weighted by Crippen LogP contribution is -2.28. The van der Waals surface area contributed by atoms with Gasteiger partial charge in [0.2, 0.25) is 0 Å². The first kappa shape index (κ1) is 8.77. The van der Waals surface area contributed by atoms with Crippen LogP contribution >= 0.6 is 11.8 Å². The van der Waals surface area contributed by atoms with Crippen LogP contribution in [0.25, 0.3) is 0 Å². The van der Waals surface area contributed by atoms with Crippen LogP contribution in [0.1, 0.15) is 13.3 Å². The molecule has 0 saturated heterocycles. The molecule has 0 fully saturated rings. The number of halogens is 3. The van der Waals surface area contributed by atoms with E-state index in [0.717, 1.165) is 22.9 Å². The molecule has 1 nitrogen and oxygen atoms in total. The Balaban J connectivity index is 2.61. The molecule has 0 radical (unpaired) electrons. The third-order valence-corrected chi connectivity index (χ3v) is 2.59. The lowest BCUT2D eigenvalue weighted by Gasteiger charge is -2.21. The van der Waals surface area contributed by atoms with E-state index in [1.165, 1.54) is 0 Å². The van der Waals surface area contributed by atoms with Gasteiger partial charge >= 0.3 is 6.55 Å². The minimum absolute atomic E-state index is 0.435. The molecule has 1 atom stereocenters. The van der Waals surface area contributed by atoms with Crippen molar-refractivity contribution in [1.82, 2.24) is 4.90 Å². The first-order valence-electron chi connectivity index (χ1n) is 3.24. The van der Waals surface area contributed by atoms with Crippen LogP contribution in [0.3, 0.4) is 0 Å². The van der Waals surface area contributed by atoms with Crippen LogP contribution in [0.15, 0.2) is 11.4 Å². The fourth-order valence-electron chi connectivity index (χ4n) is 0.898. The second kappa shape index (κ2) is 3.38. The molecule has 5 heteroatoms. The molecule has 0 spiro atoms. The Hall–Kier alpha value is -0.320. The molecular weight excluding hydrogens is 175 g/mol. The van der Waals surface area contributed by atoms with E-state index in [1.54, 1.807) is 6.92 Å². The van der Waals surface area contributed by atoms with Gasteiger partial charge in [-0.05, 0) is 6.42 Å². The molecule has 0 N–H and O–H groups in total. The molecule has 0 bridgehead atoms. The van der Waals surface area contributed by atoms with Gasteiger partial charge in [-0.3, -0.25) is 0 Å². The topological polar surface area (TPSA) is 3.24 Å². The van der Waals surface area contributed by atoms with Crippen LogP contribution in [0.5, 0.6) is 0 Å². The number of rotatable bonds is 2. The molecule has 0 aliphatic carbocycles. The van der Waals surface area contributed by atoms with Crippen LogP contribution in [-0.2, 0) is 0 Å². The van der Waals surface area contributed by atoms with E-state index < -0.39 is 17.1 Å². The molecular formula is C6H8F3NS. The molecule has 1 aliphatic rings. The highest BCUT2D eigenvalue weighted by Gasteiger charge is 2.29. The smallest absolute Gasteiger partial charge is 0.307 e. The largest absolute Gasteiger partial charge is 0.315 e. The van der Waals surface area contributed by atoms with E-state index >= 15 is 0 Å². The van der Waals surface area contributed by atoms with Crippen molar-refractivity contribution in [2.45, 2.75) is 25.3 Å². The zero-order chi connectivity index (χ0) is 8.43. The van der Waals surface area contributed by atoms with Crippen LogP contribution < -0.4 is 0 Å². The standard InChI is InChI=1S/C6H8F3NS/c1-2-5-10(6(8)9)3-4(7)11-5/h3,5-6H,2H2,1H3. The minimum atomic E-state index is -2.60. The van der Waals surface area contributed by atoms with Crippen molar-refractivity contribution in [2.24, 2.45) is 0 Å². The van der Waals surface area contributed by atoms with Gasteiger partial charge in [0, 0.05) is 6.20 Å². The molecule has 0 aromatic carbocycles. The third kappa shape index (κ3) is 1.83. The molecule has 1 unspecified atom stereocenters. The molecule has 0 aromatic heterocycles. The molecule has 64 valence electrons. The Morgan fingerprint density at radius 1 is 1.73 bits per heavy atom. The lowest BCUT2D eigenvalue weighted by molar-refractivity contribution is 0.000149. The molecule has 0 saturated carbocycles. The molecule has 1 heterocycles. The van der Waals surface area contributed by atoms with Crippen LogP contribution in [0, 0.1) is 0 Å². The highest BCUT2D eigenvalue weighted by atomic mass is 32.2. The lowest BCUT2D eigenvalue weighted by atomic mass is 10.4. The van der Waals surface area contributed by atoms with Crippen molar-refractivity contribution in [1.29, 1.82) is 0 Å². The maximum Gasteiger partial charge on any atom is 0.315 e. The van der Waals surface area contributed by atoms with Gasteiger partial charge in [0.25, 0.3) is 0 Å². The van der Waals surface area contributed by atoms with Crippen LogP contribution in [0.4, 0.5) is 13.2 Å². The number of hydrogen-bond donors (Lipinski definition) is 0. The van der Waals surface area contributed by atoms with E-state index in [0.29, 0.717) is 6.42 Å². The van der Waals surface area contributed by atoms with E-state index in [4.69, 9.17) is 0 Å². The Labute approximate surface area is 67.2 Å². The predicted molar refractivity (Wildman–Crippen MR) is 38.7 cm³/mol. The van der Waals surface area contributed by atoms with Gasteiger partial charge in [-0.25, -0.2) is 0 Å². The minimum Gasteiger partial charge on any atom is -0.307 e. The fourth-order valence-corrected chi connectivity index (χ4v) is 1.78. The average Bonchev–Trinajstić information content (AvgIpc) is 2.30. The van der Waals surface area contributed by atoms with Crippen LogP contribution in [-0.4, -0.2) is 16.8 Å². The molecule has 11 heavy (non-hydrogen) atoms. The van der Waals surface area contributed by atoms with Crippen molar-refractivity contribution in [3.8, 4) is 0 Å². The second-order valence-corrected chi connectivity index (χ2v) is 3.31. The number of hydrogen-bond acceptors (Lipinski definition) is 2.